The number of unbranched alkanes of at least 4 members (excludes halogenated alkanes) is 2. The highest BCUT2D eigenvalue weighted by atomic mass is 35.5. The van der Waals surface area contributed by atoms with Gasteiger partial charge in [-0.05, 0) is 24.1 Å². The summed E-state index contributed by atoms with van der Waals surface area (Å²) in [6.07, 6.45) is 7.56. The Morgan fingerprint density at radius 1 is 1.31 bits per heavy atom. The van der Waals surface area contributed by atoms with Gasteiger partial charge < -0.3 is 5.32 Å². The van der Waals surface area contributed by atoms with Gasteiger partial charge in [0.2, 0.25) is 0 Å². The molecule has 2 aromatic heterocycles. The van der Waals surface area contributed by atoms with Crippen molar-refractivity contribution >= 4 is 29.7 Å². The molecule has 0 bridgehead atoms. The SMILES string of the molecule is C=Cc1nc(C(=O)NCCCCC)cc(-c2cn[nH]c(=O)c2Cl)c1C=C. The topological polar surface area (TPSA) is 87.7 Å². The van der Waals surface area contributed by atoms with Crippen molar-refractivity contribution in [3.8, 4) is 11.1 Å². The molecule has 0 aromatic carbocycles. The van der Waals surface area contributed by atoms with Crippen LogP contribution in [0.2, 0.25) is 5.02 Å². The van der Waals surface area contributed by atoms with Crippen molar-refractivity contribution in [1.29, 1.82) is 0 Å². The molecule has 0 aliphatic rings. The monoisotopic (exact) mass is 372 g/mol. The second-order valence-corrected chi connectivity index (χ2v) is 6.03. The number of hydrogen-bond acceptors (Lipinski definition) is 4. The number of halogens is 1. The number of aromatic nitrogens is 3. The van der Waals surface area contributed by atoms with Gasteiger partial charge in [0.05, 0.1) is 11.9 Å². The van der Waals surface area contributed by atoms with E-state index < -0.39 is 5.56 Å². The number of carbonyl (C=O) groups excluding carboxylic acids is 1. The van der Waals surface area contributed by atoms with Crippen LogP contribution in [0.5, 0.6) is 0 Å². The van der Waals surface area contributed by atoms with Crippen LogP contribution in [-0.2, 0) is 0 Å². The fourth-order valence-corrected chi connectivity index (χ4v) is 2.72. The van der Waals surface area contributed by atoms with Gasteiger partial charge in [-0.25, -0.2) is 10.1 Å². The molecule has 0 unspecified atom stereocenters. The minimum absolute atomic E-state index is 0.0152. The standard InChI is InChI=1S/C19H21ClN4O2/c1-4-7-8-9-21-18(25)16-10-13(12(5-2)15(6-3)23-16)14-11-22-24-19(26)17(14)20/h5-6,10-11H,2-4,7-9H2,1H3,(H,21,25)(H,24,26). The molecule has 136 valence electrons. The van der Waals surface area contributed by atoms with Crippen LogP contribution < -0.4 is 10.9 Å². The second kappa shape index (κ2) is 9.10. The Kier molecular flexibility index (Phi) is 6.86. The molecule has 1 amide bonds. The first-order chi connectivity index (χ1) is 12.5. The lowest BCUT2D eigenvalue weighted by molar-refractivity contribution is 0.0948. The summed E-state index contributed by atoms with van der Waals surface area (Å²) in [4.78, 5) is 28.6. The summed E-state index contributed by atoms with van der Waals surface area (Å²) in [5, 5.41) is 8.90. The van der Waals surface area contributed by atoms with Crippen molar-refractivity contribution in [3.63, 3.8) is 0 Å². The Bertz CT molecular complexity index is 890. The molecule has 2 aromatic rings. The largest absolute Gasteiger partial charge is 0.351 e. The quantitative estimate of drug-likeness (QED) is 0.692. The predicted molar refractivity (Wildman–Crippen MR) is 105 cm³/mol. The van der Waals surface area contributed by atoms with E-state index in [-0.39, 0.29) is 16.6 Å². The van der Waals surface area contributed by atoms with Gasteiger partial charge in [0.15, 0.2) is 0 Å². The summed E-state index contributed by atoms with van der Waals surface area (Å²) >= 11 is 6.14. The van der Waals surface area contributed by atoms with Crippen molar-refractivity contribution in [2.45, 2.75) is 26.2 Å². The van der Waals surface area contributed by atoms with E-state index in [2.05, 4.69) is 40.6 Å². The zero-order valence-electron chi connectivity index (χ0n) is 14.6. The smallest absolute Gasteiger partial charge is 0.283 e. The lowest BCUT2D eigenvalue weighted by Crippen LogP contribution is -2.25. The Morgan fingerprint density at radius 2 is 2.08 bits per heavy atom. The Morgan fingerprint density at radius 3 is 2.73 bits per heavy atom. The molecular formula is C19H21ClN4O2. The average Bonchev–Trinajstić information content (AvgIpc) is 2.66. The van der Waals surface area contributed by atoms with Crippen LogP contribution in [-0.4, -0.2) is 27.6 Å². The Balaban J connectivity index is 2.51. The van der Waals surface area contributed by atoms with Gasteiger partial charge in [0.1, 0.15) is 10.7 Å². The number of carbonyl (C=O) groups is 1. The Hall–Kier alpha value is -2.73. The molecule has 0 atom stereocenters. The summed E-state index contributed by atoms with van der Waals surface area (Å²) in [6, 6.07) is 1.58. The van der Waals surface area contributed by atoms with Gasteiger partial charge in [-0.2, -0.15) is 5.10 Å². The van der Waals surface area contributed by atoms with E-state index in [0.717, 1.165) is 19.3 Å². The summed E-state index contributed by atoms with van der Waals surface area (Å²) in [7, 11) is 0. The molecule has 2 N–H and O–H groups in total. The number of H-pyrrole nitrogens is 1. The van der Waals surface area contributed by atoms with Crippen LogP contribution in [0.1, 0.15) is 47.9 Å². The fraction of sp³-hybridized carbons (Fsp3) is 0.263. The van der Waals surface area contributed by atoms with E-state index in [1.54, 1.807) is 12.1 Å². The number of pyridine rings is 1. The summed E-state index contributed by atoms with van der Waals surface area (Å²) in [5.41, 5.74) is 1.75. The lowest BCUT2D eigenvalue weighted by atomic mass is 9.99. The fourth-order valence-electron chi connectivity index (χ4n) is 2.52. The number of hydrogen-bond donors (Lipinski definition) is 2. The third-order valence-corrected chi connectivity index (χ3v) is 4.25. The zero-order valence-corrected chi connectivity index (χ0v) is 15.4. The first-order valence-corrected chi connectivity index (χ1v) is 8.72. The Labute approximate surface area is 157 Å². The minimum atomic E-state index is -0.512. The van der Waals surface area contributed by atoms with Gasteiger partial charge in [-0.1, -0.05) is 50.6 Å². The van der Waals surface area contributed by atoms with E-state index in [9.17, 15) is 9.59 Å². The summed E-state index contributed by atoms with van der Waals surface area (Å²) in [5.74, 6) is -0.296. The predicted octanol–water partition coefficient (Wildman–Crippen LogP) is 3.69. The molecule has 0 radical (unpaired) electrons. The van der Waals surface area contributed by atoms with Crippen LogP contribution in [0.3, 0.4) is 0 Å². The van der Waals surface area contributed by atoms with Gasteiger partial charge in [-0.3, -0.25) is 9.59 Å². The van der Waals surface area contributed by atoms with E-state index in [4.69, 9.17) is 11.6 Å². The van der Waals surface area contributed by atoms with Gasteiger partial charge in [-0.15, -0.1) is 0 Å². The van der Waals surface area contributed by atoms with Crippen LogP contribution in [0.25, 0.3) is 23.3 Å². The number of nitrogens with zero attached hydrogens (tertiary/aromatic N) is 2. The highest BCUT2D eigenvalue weighted by Gasteiger charge is 2.18. The maximum Gasteiger partial charge on any atom is 0.283 e. The highest BCUT2D eigenvalue weighted by Crippen LogP contribution is 2.31. The molecule has 0 saturated carbocycles. The molecule has 0 fully saturated rings. The number of rotatable bonds is 8. The van der Waals surface area contributed by atoms with E-state index >= 15 is 0 Å². The van der Waals surface area contributed by atoms with Crippen molar-refractivity contribution in [3.05, 3.63) is 57.7 Å². The first kappa shape index (κ1) is 19.6. The third kappa shape index (κ3) is 4.26. The molecule has 0 aliphatic heterocycles. The van der Waals surface area contributed by atoms with Gasteiger partial charge >= 0.3 is 0 Å². The van der Waals surface area contributed by atoms with Crippen molar-refractivity contribution in [2.24, 2.45) is 0 Å². The lowest BCUT2D eigenvalue weighted by Gasteiger charge is -2.13. The normalized spacial score (nSPS) is 10.4. The van der Waals surface area contributed by atoms with Crippen molar-refractivity contribution in [1.82, 2.24) is 20.5 Å². The molecule has 6 nitrogen and oxygen atoms in total. The zero-order chi connectivity index (χ0) is 19.1. The number of aromatic amines is 1. The van der Waals surface area contributed by atoms with E-state index in [1.807, 2.05) is 0 Å². The molecule has 2 heterocycles. The van der Waals surface area contributed by atoms with Gasteiger partial charge in [0, 0.05) is 17.7 Å². The maximum absolute atomic E-state index is 12.5. The number of nitrogens with one attached hydrogen (secondary N) is 2. The molecule has 0 aliphatic carbocycles. The van der Waals surface area contributed by atoms with E-state index in [0.29, 0.717) is 28.9 Å². The molecule has 26 heavy (non-hydrogen) atoms. The van der Waals surface area contributed by atoms with Crippen LogP contribution in [0.4, 0.5) is 0 Å². The molecule has 0 saturated heterocycles. The number of amides is 1. The second-order valence-electron chi connectivity index (χ2n) is 5.65. The molecule has 7 heteroatoms. The molecule has 2 rings (SSSR count). The van der Waals surface area contributed by atoms with E-state index in [1.165, 1.54) is 12.3 Å². The third-order valence-electron chi connectivity index (χ3n) is 3.87. The van der Waals surface area contributed by atoms with Crippen LogP contribution in [0.15, 0.2) is 30.2 Å². The molecule has 0 spiro atoms. The summed E-state index contributed by atoms with van der Waals surface area (Å²) in [6.45, 7) is 10.2. The van der Waals surface area contributed by atoms with Crippen LogP contribution in [0, 0.1) is 0 Å². The average molecular weight is 373 g/mol. The maximum atomic E-state index is 12.5. The van der Waals surface area contributed by atoms with Crippen molar-refractivity contribution < 1.29 is 4.79 Å². The first-order valence-electron chi connectivity index (χ1n) is 8.35. The minimum Gasteiger partial charge on any atom is -0.351 e. The summed E-state index contributed by atoms with van der Waals surface area (Å²) < 4.78 is 0. The van der Waals surface area contributed by atoms with Crippen LogP contribution >= 0.6 is 11.6 Å². The highest BCUT2D eigenvalue weighted by molar-refractivity contribution is 6.33. The molecular weight excluding hydrogens is 352 g/mol. The van der Waals surface area contributed by atoms with Gasteiger partial charge in [0.25, 0.3) is 11.5 Å². The van der Waals surface area contributed by atoms with Crippen molar-refractivity contribution in [2.75, 3.05) is 6.54 Å².